The van der Waals surface area contributed by atoms with Crippen LogP contribution in [-0.4, -0.2) is 28.0 Å². The van der Waals surface area contributed by atoms with Gasteiger partial charge in [-0.25, -0.2) is 4.98 Å². The molecule has 0 saturated heterocycles. The SMILES string of the molecule is N#CC1(C(=O)NCc2cnc(-c3ccc(Cl)c(C(F)(F)F)c3)nc2OC2CC(N)C2)CC1. The fourth-order valence-corrected chi connectivity index (χ4v) is 3.58. The standard InChI is InChI=1S/C21H19ClF3N5O2/c22-16-2-1-11(5-15(16)21(23,24)25)17-28-8-12(9-29-19(31)20(10-26)3-4-20)18(30-17)32-14-6-13(27)7-14/h1-2,5,8,13-14H,3-4,6-7,9,27H2,(H,29,31). The number of rotatable bonds is 6. The Kier molecular flexibility index (Phi) is 5.73. The number of amides is 1. The molecular formula is C21H19ClF3N5O2. The quantitative estimate of drug-likeness (QED) is 0.673. The lowest BCUT2D eigenvalue weighted by Gasteiger charge is -2.32. The number of carbonyl (C=O) groups is 1. The van der Waals surface area contributed by atoms with E-state index in [2.05, 4.69) is 15.3 Å². The number of benzene rings is 1. The average molecular weight is 466 g/mol. The van der Waals surface area contributed by atoms with Crippen molar-refractivity contribution in [2.24, 2.45) is 11.1 Å². The highest BCUT2D eigenvalue weighted by molar-refractivity contribution is 6.31. The van der Waals surface area contributed by atoms with Gasteiger partial charge in [0, 0.05) is 24.3 Å². The first-order valence-electron chi connectivity index (χ1n) is 9.96. The lowest BCUT2D eigenvalue weighted by Crippen LogP contribution is -2.43. The van der Waals surface area contributed by atoms with E-state index in [4.69, 9.17) is 27.3 Å². The van der Waals surface area contributed by atoms with Crippen LogP contribution in [0.15, 0.2) is 24.4 Å². The molecule has 1 amide bonds. The van der Waals surface area contributed by atoms with Gasteiger partial charge in [0.05, 0.1) is 22.2 Å². The van der Waals surface area contributed by atoms with Gasteiger partial charge in [0.25, 0.3) is 0 Å². The van der Waals surface area contributed by atoms with E-state index in [-0.39, 0.29) is 41.9 Å². The van der Waals surface area contributed by atoms with Crippen molar-refractivity contribution >= 4 is 17.5 Å². The van der Waals surface area contributed by atoms with Crippen molar-refractivity contribution in [1.82, 2.24) is 15.3 Å². The van der Waals surface area contributed by atoms with E-state index in [1.165, 1.54) is 12.3 Å². The maximum absolute atomic E-state index is 13.2. The van der Waals surface area contributed by atoms with Gasteiger partial charge in [-0.05, 0) is 43.9 Å². The maximum Gasteiger partial charge on any atom is 0.417 e. The third-order valence-electron chi connectivity index (χ3n) is 5.60. The number of hydrogen-bond donors (Lipinski definition) is 2. The molecule has 2 aliphatic rings. The summed E-state index contributed by atoms with van der Waals surface area (Å²) in [5, 5.41) is 11.4. The summed E-state index contributed by atoms with van der Waals surface area (Å²) in [5.74, 6) is -0.206. The fourth-order valence-electron chi connectivity index (χ4n) is 3.35. The van der Waals surface area contributed by atoms with Gasteiger partial charge in [-0.15, -0.1) is 0 Å². The van der Waals surface area contributed by atoms with E-state index in [0.29, 0.717) is 31.2 Å². The van der Waals surface area contributed by atoms with Crippen molar-refractivity contribution in [2.45, 2.75) is 50.6 Å². The van der Waals surface area contributed by atoms with Crippen molar-refractivity contribution < 1.29 is 22.7 Å². The molecule has 2 fully saturated rings. The van der Waals surface area contributed by atoms with E-state index in [1.807, 2.05) is 6.07 Å². The Hall–Kier alpha value is -2.90. The average Bonchev–Trinajstić information content (AvgIpc) is 3.52. The largest absolute Gasteiger partial charge is 0.474 e. The zero-order valence-corrected chi connectivity index (χ0v) is 17.5. The van der Waals surface area contributed by atoms with Crippen molar-refractivity contribution in [3.8, 4) is 23.3 Å². The summed E-state index contributed by atoms with van der Waals surface area (Å²) in [6.07, 6.45) is -1.18. The molecule has 1 heterocycles. The number of nitrogens with zero attached hydrogens (tertiary/aromatic N) is 3. The molecule has 4 rings (SSSR count). The summed E-state index contributed by atoms with van der Waals surface area (Å²) < 4.78 is 45.6. The lowest BCUT2D eigenvalue weighted by molar-refractivity contribution is -0.137. The molecule has 1 aromatic carbocycles. The molecule has 32 heavy (non-hydrogen) atoms. The first kappa shape index (κ1) is 22.3. The number of nitrogens with one attached hydrogen (secondary N) is 1. The van der Waals surface area contributed by atoms with Crippen molar-refractivity contribution in [1.29, 1.82) is 5.26 Å². The molecule has 168 valence electrons. The van der Waals surface area contributed by atoms with Crippen LogP contribution in [0.3, 0.4) is 0 Å². The van der Waals surface area contributed by atoms with Crippen LogP contribution in [0.2, 0.25) is 5.02 Å². The molecule has 11 heteroatoms. The zero-order valence-electron chi connectivity index (χ0n) is 16.7. The van der Waals surface area contributed by atoms with Crippen LogP contribution in [0.5, 0.6) is 5.88 Å². The third-order valence-corrected chi connectivity index (χ3v) is 5.93. The van der Waals surface area contributed by atoms with Crippen molar-refractivity contribution in [3.05, 3.63) is 40.5 Å². The van der Waals surface area contributed by atoms with Gasteiger partial charge in [0.15, 0.2) is 5.82 Å². The molecule has 0 aliphatic heterocycles. The number of nitriles is 1. The van der Waals surface area contributed by atoms with Gasteiger partial charge in [-0.2, -0.15) is 23.4 Å². The van der Waals surface area contributed by atoms with E-state index >= 15 is 0 Å². The fraction of sp³-hybridized carbons (Fsp3) is 0.429. The first-order valence-corrected chi connectivity index (χ1v) is 10.3. The second-order valence-electron chi connectivity index (χ2n) is 8.06. The minimum absolute atomic E-state index is 0.0143. The summed E-state index contributed by atoms with van der Waals surface area (Å²) in [4.78, 5) is 20.8. The Morgan fingerprint density at radius 1 is 1.38 bits per heavy atom. The number of carbonyl (C=O) groups excluding carboxylic acids is 1. The number of ether oxygens (including phenoxy) is 1. The highest BCUT2D eigenvalue weighted by atomic mass is 35.5. The number of hydrogen-bond acceptors (Lipinski definition) is 6. The van der Waals surface area contributed by atoms with Crippen LogP contribution in [0.25, 0.3) is 11.4 Å². The van der Waals surface area contributed by atoms with Gasteiger partial charge in [-0.3, -0.25) is 4.79 Å². The molecule has 2 aliphatic carbocycles. The molecule has 1 aromatic heterocycles. The molecule has 0 spiro atoms. The van der Waals surface area contributed by atoms with E-state index in [1.54, 1.807) is 0 Å². The summed E-state index contributed by atoms with van der Waals surface area (Å²) >= 11 is 5.70. The van der Waals surface area contributed by atoms with E-state index in [9.17, 15) is 18.0 Å². The first-order chi connectivity index (χ1) is 15.1. The topological polar surface area (TPSA) is 114 Å². The number of halogens is 4. The zero-order chi connectivity index (χ0) is 23.1. The van der Waals surface area contributed by atoms with Crippen LogP contribution >= 0.6 is 11.6 Å². The predicted molar refractivity (Wildman–Crippen MR) is 108 cm³/mol. The molecular weight excluding hydrogens is 447 g/mol. The molecule has 0 bridgehead atoms. The van der Waals surface area contributed by atoms with Gasteiger partial charge < -0.3 is 15.8 Å². The summed E-state index contributed by atoms with van der Waals surface area (Å²) in [7, 11) is 0. The Balaban J connectivity index is 1.61. The Labute approximate surface area is 186 Å². The van der Waals surface area contributed by atoms with Crippen LogP contribution in [0.1, 0.15) is 36.8 Å². The molecule has 0 atom stereocenters. The van der Waals surface area contributed by atoms with Crippen LogP contribution in [-0.2, 0) is 17.5 Å². The highest BCUT2D eigenvalue weighted by Gasteiger charge is 2.50. The second kappa shape index (κ2) is 8.22. The number of aromatic nitrogens is 2. The molecule has 0 unspecified atom stereocenters. The minimum Gasteiger partial charge on any atom is -0.474 e. The van der Waals surface area contributed by atoms with Gasteiger partial charge in [0.1, 0.15) is 11.5 Å². The van der Waals surface area contributed by atoms with E-state index in [0.717, 1.165) is 12.1 Å². The summed E-state index contributed by atoms with van der Waals surface area (Å²) in [6, 6.07) is 5.44. The lowest BCUT2D eigenvalue weighted by atomic mass is 9.90. The normalized spacial score (nSPS) is 21.2. The third kappa shape index (κ3) is 4.49. The number of nitrogens with two attached hydrogens (primary N) is 1. The Morgan fingerprint density at radius 2 is 2.09 bits per heavy atom. The minimum atomic E-state index is -4.63. The second-order valence-corrected chi connectivity index (χ2v) is 8.47. The van der Waals surface area contributed by atoms with Crippen molar-refractivity contribution in [2.75, 3.05) is 0 Å². The Bertz CT molecular complexity index is 1090. The Morgan fingerprint density at radius 3 is 2.69 bits per heavy atom. The van der Waals surface area contributed by atoms with Gasteiger partial charge >= 0.3 is 6.18 Å². The van der Waals surface area contributed by atoms with Crippen LogP contribution in [0, 0.1) is 16.7 Å². The van der Waals surface area contributed by atoms with Gasteiger partial charge in [-0.1, -0.05) is 11.6 Å². The van der Waals surface area contributed by atoms with Crippen molar-refractivity contribution in [3.63, 3.8) is 0 Å². The smallest absolute Gasteiger partial charge is 0.417 e. The highest BCUT2D eigenvalue weighted by Crippen LogP contribution is 2.45. The van der Waals surface area contributed by atoms with Crippen LogP contribution < -0.4 is 15.8 Å². The van der Waals surface area contributed by atoms with Crippen LogP contribution in [0.4, 0.5) is 13.2 Å². The maximum atomic E-state index is 13.2. The van der Waals surface area contributed by atoms with Gasteiger partial charge in [0.2, 0.25) is 11.8 Å². The molecule has 2 saturated carbocycles. The number of alkyl halides is 3. The monoisotopic (exact) mass is 465 g/mol. The molecule has 0 radical (unpaired) electrons. The predicted octanol–water partition coefficient (Wildman–Crippen LogP) is 3.60. The van der Waals surface area contributed by atoms with E-state index < -0.39 is 22.2 Å². The summed E-state index contributed by atoms with van der Waals surface area (Å²) in [5.41, 5.74) is 4.39. The summed E-state index contributed by atoms with van der Waals surface area (Å²) in [6.45, 7) is 0.0189. The molecule has 7 nitrogen and oxygen atoms in total. The molecule has 2 aromatic rings. The molecule has 3 N–H and O–H groups in total.